The summed E-state index contributed by atoms with van der Waals surface area (Å²) in [6.07, 6.45) is 1.01. The van der Waals surface area contributed by atoms with Crippen LogP contribution in [-0.4, -0.2) is 6.54 Å². The summed E-state index contributed by atoms with van der Waals surface area (Å²) in [5.74, 6) is -1.63. The van der Waals surface area contributed by atoms with Crippen molar-refractivity contribution < 1.29 is 8.78 Å². The first-order valence-electron chi connectivity index (χ1n) is 6.98. The maximum atomic E-state index is 14.2. The summed E-state index contributed by atoms with van der Waals surface area (Å²) in [4.78, 5) is 0. The van der Waals surface area contributed by atoms with Crippen molar-refractivity contribution in [2.45, 2.75) is 26.8 Å². The van der Waals surface area contributed by atoms with Crippen LogP contribution in [0, 0.1) is 18.6 Å². The molecule has 0 saturated heterocycles. The Balaban J connectivity index is 2.47. The van der Waals surface area contributed by atoms with E-state index in [-0.39, 0.29) is 5.56 Å². The highest BCUT2D eigenvalue weighted by Gasteiger charge is 2.15. The van der Waals surface area contributed by atoms with Crippen molar-refractivity contribution >= 4 is 11.6 Å². The van der Waals surface area contributed by atoms with Gasteiger partial charge in [0, 0.05) is 17.1 Å². The van der Waals surface area contributed by atoms with Crippen LogP contribution in [0.5, 0.6) is 0 Å². The van der Waals surface area contributed by atoms with Crippen molar-refractivity contribution in [1.82, 2.24) is 5.32 Å². The minimum atomic E-state index is -0.825. The normalized spacial score (nSPS) is 10.9. The smallest absolute Gasteiger partial charge is 0.166 e. The number of nitrogens with one attached hydrogen (secondary N) is 1. The van der Waals surface area contributed by atoms with Gasteiger partial charge in [0.05, 0.1) is 0 Å². The summed E-state index contributed by atoms with van der Waals surface area (Å²) >= 11 is 6.01. The minimum Gasteiger partial charge on any atom is -0.313 e. The molecule has 2 aromatic rings. The van der Waals surface area contributed by atoms with E-state index in [1.165, 1.54) is 0 Å². The summed E-state index contributed by atoms with van der Waals surface area (Å²) in [5, 5.41) is 3.77. The van der Waals surface area contributed by atoms with Gasteiger partial charge in [-0.15, -0.1) is 0 Å². The molecule has 21 heavy (non-hydrogen) atoms. The van der Waals surface area contributed by atoms with Crippen molar-refractivity contribution in [3.8, 4) is 11.1 Å². The van der Waals surface area contributed by atoms with Crippen LogP contribution in [0.2, 0.25) is 5.02 Å². The van der Waals surface area contributed by atoms with Crippen LogP contribution in [0.3, 0.4) is 0 Å². The number of hydrogen-bond acceptors (Lipinski definition) is 1. The first kappa shape index (κ1) is 15.9. The molecule has 0 bridgehead atoms. The summed E-state index contributed by atoms with van der Waals surface area (Å²) in [5.41, 5.74) is 2.07. The van der Waals surface area contributed by atoms with Gasteiger partial charge in [0.1, 0.15) is 0 Å². The molecule has 1 nitrogen and oxygen atoms in total. The van der Waals surface area contributed by atoms with Crippen LogP contribution in [0.4, 0.5) is 8.78 Å². The Morgan fingerprint density at radius 1 is 1.05 bits per heavy atom. The predicted molar refractivity (Wildman–Crippen MR) is 83.5 cm³/mol. The summed E-state index contributed by atoms with van der Waals surface area (Å²) in [7, 11) is 0. The van der Waals surface area contributed by atoms with Gasteiger partial charge in [0.25, 0.3) is 0 Å². The van der Waals surface area contributed by atoms with Crippen molar-refractivity contribution in [2.24, 2.45) is 0 Å². The Labute approximate surface area is 128 Å². The fraction of sp³-hybridized carbons (Fsp3) is 0.294. The standard InChI is InChI=1S/C17H18ClF2N/c1-3-8-21-10-12-5-6-13(18)9-15(12)14-7-4-11(2)16(19)17(14)20/h4-7,9,21H,3,8,10H2,1-2H3. The van der Waals surface area contributed by atoms with E-state index >= 15 is 0 Å². The van der Waals surface area contributed by atoms with Gasteiger partial charge in [-0.2, -0.15) is 0 Å². The van der Waals surface area contributed by atoms with E-state index in [9.17, 15) is 8.78 Å². The summed E-state index contributed by atoms with van der Waals surface area (Å²) < 4.78 is 28.0. The lowest BCUT2D eigenvalue weighted by molar-refractivity contribution is 0.505. The molecule has 112 valence electrons. The Hall–Kier alpha value is -1.45. The first-order chi connectivity index (χ1) is 10.0. The second-order valence-corrected chi connectivity index (χ2v) is 5.47. The van der Waals surface area contributed by atoms with Gasteiger partial charge in [-0.25, -0.2) is 8.78 Å². The molecule has 0 atom stereocenters. The lowest BCUT2D eigenvalue weighted by Crippen LogP contribution is -2.14. The Kier molecular flexibility index (Phi) is 5.32. The molecule has 0 radical (unpaired) electrons. The third-order valence-corrected chi connectivity index (χ3v) is 3.61. The van der Waals surface area contributed by atoms with Gasteiger partial charge in [-0.3, -0.25) is 0 Å². The number of rotatable bonds is 5. The maximum absolute atomic E-state index is 14.2. The second kappa shape index (κ2) is 7.01. The highest BCUT2D eigenvalue weighted by atomic mass is 35.5. The number of halogens is 3. The molecule has 0 aliphatic heterocycles. The molecule has 0 unspecified atom stereocenters. The van der Waals surface area contributed by atoms with Gasteiger partial charge >= 0.3 is 0 Å². The fourth-order valence-electron chi connectivity index (χ4n) is 2.21. The van der Waals surface area contributed by atoms with Gasteiger partial charge < -0.3 is 5.32 Å². The Morgan fingerprint density at radius 2 is 1.81 bits per heavy atom. The number of benzene rings is 2. The van der Waals surface area contributed by atoms with E-state index in [0.29, 0.717) is 22.7 Å². The quantitative estimate of drug-likeness (QED) is 0.758. The van der Waals surface area contributed by atoms with Crippen LogP contribution < -0.4 is 5.32 Å². The van der Waals surface area contributed by atoms with E-state index in [1.807, 2.05) is 6.07 Å². The molecule has 2 aromatic carbocycles. The van der Waals surface area contributed by atoms with Gasteiger partial charge in [0.2, 0.25) is 0 Å². The summed E-state index contributed by atoms with van der Waals surface area (Å²) in [6.45, 7) is 5.08. The molecule has 0 aromatic heterocycles. The lowest BCUT2D eigenvalue weighted by Gasteiger charge is -2.13. The fourth-order valence-corrected chi connectivity index (χ4v) is 2.38. The van der Waals surface area contributed by atoms with E-state index < -0.39 is 11.6 Å². The van der Waals surface area contributed by atoms with Crippen LogP contribution in [0.25, 0.3) is 11.1 Å². The van der Waals surface area contributed by atoms with Crippen molar-refractivity contribution in [3.63, 3.8) is 0 Å². The van der Waals surface area contributed by atoms with Crippen LogP contribution in [0.15, 0.2) is 30.3 Å². The average molecular weight is 310 g/mol. The van der Waals surface area contributed by atoms with E-state index in [0.717, 1.165) is 18.5 Å². The zero-order chi connectivity index (χ0) is 15.4. The monoisotopic (exact) mass is 309 g/mol. The van der Waals surface area contributed by atoms with Crippen molar-refractivity contribution in [2.75, 3.05) is 6.54 Å². The van der Waals surface area contributed by atoms with Gasteiger partial charge in [-0.1, -0.05) is 36.7 Å². The van der Waals surface area contributed by atoms with E-state index in [2.05, 4.69) is 12.2 Å². The SMILES string of the molecule is CCCNCc1ccc(Cl)cc1-c1ccc(C)c(F)c1F. The molecule has 0 aliphatic rings. The predicted octanol–water partition coefficient (Wildman–Crippen LogP) is 5.09. The number of hydrogen-bond donors (Lipinski definition) is 1. The molecule has 1 N–H and O–H groups in total. The Bertz CT molecular complexity index is 641. The molecule has 0 heterocycles. The summed E-state index contributed by atoms with van der Waals surface area (Å²) in [6, 6.07) is 8.46. The van der Waals surface area contributed by atoms with E-state index in [1.54, 1.807) is 31.2 Å². The van der Waals surface area contributed by atoms with Crippen molar-refractivity contribution in [3.05, 3.63) is 58.1 Å². The average Bonchev–Trinajstić information content (AvgIpc) is 2.47. The first-order valence-corrected chi connectivity index (χ1v) is 7.36. The lowest BCUT2D eigenvalue weighted by atomic mass is 9.97. The van der Waals surface area contributed by atoms with Gasteiger partial charge in [0.15, 0.2) is 11.6 Å². The zero-order valence-electron chi connectivity index (χ0n) is 12.1. The molecule has 0 saturated carbocycles. The highest BCUT2D eigenvalue weighted by Crippen LogP contribution is 2.31. The van der Waals surface area contributed by atoms with Crippen LogP contribution in [0.1, 0.15) is 24.5 Å². The highest BCUT2D eigenvalue weighted by molar-refractivity contribution is 6.30. The minimum absolute atomic E-state index is 0.244. The molecule has 4 heteroatoms. The molecule has 2 rings (SSSR count). The third-order valence-electron chi connectivity index (χ3n) is 3.38. The molecule has 0 amide bonds. The molecular formula is C17H18ClF2N. The number of aryl methyl sites for hydroxylation is 1. The molecule has 0 fully saturated rings. The van der Waals surface area contributed by atoms with Crippen molar-refractivity contribution in [1.29, 1.82) is 0 Å². The molecule has 0 spiro atoms. The zero-order valence-corrected chi connectivity index (χ0v) is 12.9. The topological polar surface area (TPSA) is 12.0 Å². The molecular weight excluding hydrogens is 292 g/mol. The second-order valence-electron chi connectivity index (χ2n) is 5.04. The van der Waals surface area contributed by atoms with Crippen LogP contribution >= 0.6 is 11.6 Å². The Morgan fingerprint density at radius 3 is 2.52 bits per heavy atom. The van der Waals surface area contributed by atoms with Crippen LogP contribution in [-0.2, 0) is 6.54 Å². The van der Waals surface area contributed by atoms with Gasteiger partial charge in [-0.05, 0) is 48.7 Å². The van der Waals surface area contributed by atoms with E-state index in [4.69, 9.17) is 11.6 Å². The molecule has 0 aliphatic carbocycles. The maximum Gasteiger partial charge on any atom is 0.166 e. The third kappa shape index (κ3) is 3.60. The largest absolute Gasteiger partial charge is 0.313 e.